The summed E-state index contributed by atoms with van der Waals surface area (Å²) in [5, 5.41) is 12.9. The predicted octanol–water partition coefficient (Wildman–Crippen LogP) is 5.61. The topological polar surface area (TPSA) is 30.7 Å². The van der Waals surface area contributed by atoms with Crippen LogP contribution >= 0.6 is 34.7 Å². The second-order valence-corrected chi connectivity index (χ2v) is 9.02. The van der Waals surface area contributed by atoms with Gasteiger partial charge in [0.15, 0.2) is 11.0 Å². The third-order valence-electron chi connectivity index (χ3n) is 4.76. The Bertz CT molecular complexity index is 883. The Labute approximate surface area is 161 Å². The van der Waals surface area contributed by atoms with E-state index in [1.807, 2.05) is 23.5 Å². The molecule has 0 amide bonds. The quantitative estimate of drug-likeness (QED) is 0.543. The molecule has 25 heavy (non-hydrogen) atoms. The van der Waals surface area contributed by atoms with E-state index in [0.717, 1.165) is 34.1 Å². The molecule has 6 heteroatoms. The zero-order chi connectivity index (χ0) is 17.4. The zero-order valence-corrected chi connectivity index (χ0v) is 16.7. The van der Waals surface area contributed by atoms with Gasteiger partial charge in [-0.05, 0) is 48.4 Å². The summed E-state index contributed by atoms with van der Waals surface area (Å²) >= 11 is 9.54. The van der Waals surface area contributed by atoms with Gasteiger partial charge in [-0.1, -0.05) is 42.4 Å². The molecule has 0 radical (unpaired) electrons. The fourth-order valence-electron chi connectivity index (χ4n) is 3.27. The van der Waals surface area contributed by atoms with Crippen molar-refractivity contribution in [1.29, 1.82) is 0 Å². The molecule has 0 fully saturated rings. The largest absolute Gasteiger partial charge is 0.305 e. The lowest BCUT2D eigenvalue weighted by atomic mass is 9.88. The summed E-state index contributed by atoms with van der Waals surface area (Å²) in [6.07, 6.45) is 3.64. The van der Waals surface area contributed by atoms with Crippen LogP contribution in [0.2, 0.25) is 5.02 Å². The summed E-state index contributed by atoms with van der Waals surface area (Å²) in [5.74, 6) is 2.65. The Kier molecular flexibility index (Phi) is 4.89. The Morgan fingerprint density at radius 2 is 2.08 bits per heavy atom. The van der Waals surface area contributed by atoms with Gasteiger partial charge in [-0.3, -0.25) is 0 Å². The number of nitrogens with zero attached hydrogens (tertiary/aromatic N) is 3. The molecule has 1 aliphatic carbocycles. The lowest BCUT2D eigenvalue weighted by Crippen LogP contribution is -2.09. The number of thioether (sulfide) groups is 1. The smallest absolute Gasteiger partial charge is 0.191 e. The number of benzene rings is 1. The Morgan fingerprint density at radius 1 is 1.28 bits per heavy atom. The van der Waals surface area contributed by atoms with Crippen molar-refractivity contribution in [2.45, 2.75) is 37.1 Å². The van der Waals surface area contributed by atoms with E-state index in [0.29, 0.717) is 0 Å². The third kappa shape index (κ3) is 3.50. The molecular formula is C19H20ClN3S2. The van der Waals surface area contributed by atoms with E-state index in [1.165, 1.54) is 34.4 Å². The standard InChI is InChI=1S/C19H20ClN3S2/c1-12-3-8-15-16(11-24-17(15)9-12)18-21-22-19(23(18)2)25-10-13-4-6-14(20)7-5-13/h4-7,11-12H,3,8-10H2,1-2H3. The molecule has 2 heterocycles. The van der Waals surface area contributed by atoms with Crippen LogP contribution in [0.25, 0.3) is 11.4 Å². The minimum Gasteiger partial charge on any atom is -0.305 e. The lowest BCUT2D eigenvalue weighted by Gasteiger charge is -2.18. The van der Waals surface area contributed by atoms with E-state index in [9.17, 15) is 0 Å². The second kappa shape index (κ2) is 7.14. The van der Waals surface area contributed by atoms with Crippen LogP contribution in [0.1, 0.15) is 29.3 Å². The summed E-state index contributed by atoms with van der Waals surface area (Å²) in [5.41, 5.74) is 4.01. The van der Waals surface area contributed by atoms with Crippen LogP contribution in [0.4, 0.5) is 0 Å². The highest BCUT2D eigenvalue weighted by Gasteiger charge is 2.23. The molecule has 3 aromatic rings. The normalized spacial score (nSPS) is 16.8. The number of rotatable bonds is 4. The van der Waals surface area contributed by atoms with Crippen molar-refractivity contribution in [3.05, 3.63) is 50.7 Å². The Hall–Kier alpha value is -1.30. The van der Waals surface area contributed by atoms with Gasteiger partial charge in [0.25, 0.3) is 0 Å². The van der Waals surface area contributed by atoms with Gasteiger partial charge < -0.3 is 4.57 Å². The van der Waals surface area contributed by atoms with E-state index >= 15 is 0 Å². The van der Waals surface area contributed by atoms with Crippen molar-refractivity contribution in [2.24, 2.45) is 13.0 Å². The molecule has 0 bridgehead atoms. The average Bonchev–Trinajstić information content (AvgIpc) is 3.17. The number of hydrogen-bond acceptors (Lipinski definition) is 4. The van der Waals surface area contributed by atoms with Gasteiger partial charge in [0, 0.05) is 33.6 Å². The molecule has 0 saturated heterocycles. The first-order valence-electron chi connectivity index (χ1n) is 8.48. The summed E-state index contributed by atoms with van der Waals surface area (Å²) in [4.78, 5) is 1.53. The first-order chi connectivity index (χ1) is 12.1. The number of fused-ring (bicyclic) bond motifs is 1. The van der Waals surface area contributed by atoms with Crippen molar-refractivity contribution >= 4 is 34.7 Å². The Balaban J connectivity index is 1.54. The molecule has 0 aliphatic heterocycles. The van der Waals surface area contributed by atoms with Crippen molar-refractivity contribution in [3.63, 3.8) is 0 Å². The highest BCUT2D eigenvalue weighted by atomic mass is 35.5. The minimum absolute atomic E-state index is 0.770. The monoisotopic (exact) mass is 389 g/mol. The molecule has 0 saturated carbocycles. The molecule has 0 N–H and O–H groups in total. The Morgan fingerprint density at radius 3 is 2.88 bits per heavy atom. The fourth-order valence-corrected chi connectivity index (χ4v) is 5.50. The number of halogens is 1. The van der Waals surface area contributed by atoms with E-state index in [2.05, 4.69) is 46.2 Å². The van der Waals surface area contributed by atoms with Crippen LogP contribution in [0, 0.1) is 5.92 Å². The molecule has 1 aromatic carbocycles. The predicted molar refractivity (Wildman–Crippen MR) is 107 cm³/mol. The van der Waals surface area contributed by atoms with Crippen LogP contribution in [0.3, 0.4) is 0 Å². The number of aromatic nitrogens is 3. The minimum atomic E-state index is 0.770. The SMILES string of the molecule is CC1CCc2c(-c3nnc(SCc4ccc(Cl)cc4)n3C)csc2C1. The van der Waals surface area contributed by atoms with Gasteiger partial charge in [-0.15, -0.1) is 21.5 Å². The first-order valence-corrected chi connectivity index (χ1v) is 10.7. The van der Waals surface area contributed by atoms with Crippen molar-refractivity contribution in [1.82, 2.24) is 14.8 Å². The molecular weight excluding hydrogens is 370 g/mol. The second-order valence-electron chi connectivity index (χ2n) is 6.68. The van der Waals surface area contributed by atoms with Crippen molar-refractivity contribution < 1.29 is 0 Å². The van der Waals surface area contributed by atoms with Gasteiger partial charge in [-0.25, -0.2) is 0 Å². The zero-order valence-electron chi connectivity index (χ0n) is 14.3. The maximum absolute atomic E-state index is 5.95. The van der Waals surface area contributed by atoms with Crippen LogP contribution in [0.5, 0.6) is 0 Å². The fraction of sp³-hybridized carbons (Fsp3) is 0.368. The maximum atomic E-state index is 5.95. The molecule has 1 atom stereocenters. The van der Waals surface area contributed by atoms with Gasteiger partial charge in [0.2, 0.25) is 0 Å². The molecule has 1 aliphatic rings. The van der Waals surface area contributed by atoms with E-state index < -0.39 is 0 Å². The average molecular weight is 390 g/mol. The van der Waals surface area contributed by atoms with Gasteiger partial charge in [0.1, 0.15) is 0 Å². The molecule has 4 rings (SSSR count). The summed E-state index contributed by atoms with van der Waals surface area (Å²) in [6, 6.07) is 7.97. The van der Waals surface area contributed by atoms with Crippen molar-refractivity contribution in [3.8, 4) is 11.4 Å². The summed E-state index contributed by atoms with van der Waals surface area (Å²) in [6.45, 7) is 2.34. The van der Waals surface area contributed by atoms with Gasteiger partial charge in [0.05, 0.1) is 0 Å². The van der Waals surface area contributed by atoms with E-state index in [1.54, 1.807) is 11.8 Å². The summed E-state index contributed by atoms with van der Waals surface area (Å²) in [7, 11) is 2.06. The highest BCUT2D eigenvalue weighted by Crippen LogP contribution is 2.38. The van der Waals surface area contributed by atoms with Crippen LogP contribution in [-0.2, 0) is 25.6 Å². The number of hydrogen-bond donors (Lipinski definition) is 0. The maximum Gasteiger partial charge on any atom is 0.191 e. The molecule has 3 nitrogen and oxygen atoms in total. The third-order valence-corrected chi connectivity index (χ3v) is 7.15. The molecule has 130 valence electrons. The number of thiophene rings is 1. The van der Waals surface area contributed by atoms with Crippen LogP contribution < -0.4 is 0 Å². The van der Waals surface area contributed by atoms with E-state index in [4.69, 9.17) is 11.6 Å². The lowest BCUT2D eigenvalue weighted by molar-refractivity contribution is 0.508. The van der Waals surface area contributed by atoms with E-state index in [-0.39, 0.29) is 0 Å². The van der Waals surface area contributed by atoms with Crippen molar-refractivity contribution in [2.75, 3.05) is 0 Å². The van der Waals surface area contributed by atoms with Gasteiger partial charge in [-0.2, -0.15) is 0 Å². The van der Waals surface area contributed by atoms with Crippen LogP contribution in [0.15, 0.2) is 34.8 Å². The summed E-state index contributed by atoms with van der Waals surface area (Å²) < 4.78 is 2.13. The highest BCUT2D eigenvalue weighted by molar-refractivity contribution is 7.98. The molecule has 1 unspecified atom stereocenters. The van der Waals surface area contributed by atoms with Gasteiger partial charge >= 0.3 is 0 Å². The molecule has 2 aromatic heterocycles. The van der Waals surface area contributed by atoms with Crippen LogP contribution in [-0.4, -0.2) is 14.8 Å². The molecule has 0 spiro atoms. The first kappa shape index (κ1) is 17.1.